The lowest BCUT2D eigenvalue weighted by Gasteiger charge is -2.24. The van der Waals surface area contributed by atoms with Crippen molar-refractivity contribution in [3.8, 4) is 0 Å². The number of aromatic nitrogens is 2. The van der Waals surface area contributed by atoms with E-state index in [2.05, 4.69) is 10.2 Å². The summed E-state index contributed by atoms with van der Waals surface area (Å²) in [6.45, 7) is 0. The van der Waals surface area contributed by atoms with E-state index >= 15 is 0 Å². The first-order valence-electron chi connectivity index (χ1n) is 6.15. The van der Waals surface area contributed by atoms with Crippen molar-refractivity contribution in [1.82, 2.24) is 10.2 Å². The third-order valence-corrected chi connectivity index (χ3v) is 5.22. The van der Waals surface area contributed by atoms with Crippen molar-refractivity contribution < 1.29 is 9.90 Å². The van der Waals surface area contributed by atoms with Crippen molar-refractivity contribution in [3.63, 3.8) is 0 Å². The Morgan fingerprint density at radius 2 is 2.05 bits per heavy atom. The Morgan fingerprint density at radius 3 is 2.57 bits per heavy atom. The molecule has 6 nitrogen and oxygen atoms in total. The van der Waals surface area contributed by atoms with E-state index in [1.165, 1.54) is 23.1 Å². The fourth-order valence-corrected chi connectivity index (χ4v) is 3.50. The number of carbonyl (C=O) groups excluding carboxylic acids is 1. The van der Waals surface area contributed by atoms with Gasteiger partial charge in [0.05, 0.1) is 0 Å². The zero-order valence-corrected chi connectivity index (χ0v) is 13.3. The smallest absolute Gasteiger partial charge is 0.254 e. The number of thioether (sulfide) groups is 1. The topological polar surface area (TPSA) is 92.3 Å². The Balaban J connectivity index is 2.15. The molecule has 0 aliphatic carbocycles. The van der Waals surface area contributed by atoms with E-state index in [-0.39, 0.29) is 5.75 Å². The molecular weight excluding hydrogens is 308 g/mol. The first kappa shape index (κ1) is 15.7. The number of rotatable bonds is 6. The molecule has 21 heavy (non-hydrogen) atoms. The van der Waals surface area contributed by atoms with Crippen LogP contribution in [0.15, 0.2) is 34.7 Å². The predicted molar refractivity (Wildman–Crippen MR) is 84.5 cm³/mol. The van der Waals surface area contributed by atoms with Crippen LogP contribution in [0.5, 0.6) is 0 Å². The molecule has 2 aromatic rings. The van der Waals surface area contributed by atoms with Crippen molar-refractivity contribution in [3.05, 3.63) is 35.9 Å². The number of anilines is 1. The zero-order chi connectivity index (χ0) is 15.5. The molecule has 0 aliphatic rings. The van der Waals surface area contributed by atoms with Gasteiger partial charge in [-0.2, -0.15) is 0 Å². The summed E-state index contributed by atoms with van der Waals surface area (Å²) in [6, 6.07) is 8.67. The molecule has 1 heterocycles. The number of amides is 1. The van der Waals surface area contributed by atoms with Crippen LogP contribution in [-0.4, -0.2) is 41.1 Å². The maximum atomic E-state index is 11.7. The fraction of sp³-hybridized carbons (Fsp3) is 0.308. The maximum Gasteiger partial charge on any atom is 0.254 e. The number of nitrogens with zero attached hydrogens (tertiary/aromatic N) is 3. The minimum atomic E-state index is -1.73. The minimum absolute atomic E-state index is 0.0917. The first-order valence-corrected chi connectivity index (χ1v) is 7.95. The summed E-state index contributed by atoms with van der Waals surface area (Å²) in [6.07, 6.45) is 0. The van der Waals surface area contributed by atoms with Crippen LogP contribution >= 0.6 is 23.1 Å². The lowest BCUT2D eigenvalue weighted by atomic mass is 9.95. The van der Waals surface area contributed by atoms with Crippen LogP contribution in [0.2, 0.25) is 0 Å². The van der Waals surface area contributed by atoms with Crippen LogP contribution in [0, 0.1) is 0 Å². The molecule has 1 aromatic heterocycles. The molecule has 1 atom stereocenters. The molecule has 1 aromatic carbocycles. The van der Waals surface area contributed by atoms with E-state index in [1.54, 1.807) is 24.3 Å². The third kappa shape index (κ3) is 3.52. The van der Waals surface area contributed by atoms with Gasteiger partial charge in [-0.1, -0.05) is 53.4 Å². The Hall–Kier alpha value is -1.64. The summed E-state index contributed by atoms with van der Waals surface area (Å²) >= 11 is 2.65. The fourth-order valence-electron chi connectivity index (χ4n) is 1.62. The Bertz CT molecular complexity index is 618. The van der Waals surface area contributed by atoms with Crippen molar-refractivity contribution in [2.24, 2.45) is 5.73 Å². The highest BCUT2D eigenvalue weighted by molar-refractivity contribution is 8.01. The van der Waals surface area contributed by atoms with E-state index in [1.807, 2.05) is 25.1 Å². The number of primary amides is 1. The molecule has 8 heteroatoms. The molecule has 0 saturated heterocycles. The zero-order valence-electron chi connectivity index (χ0n) is 11.7. The van der Waals surface area contributed by atoms with Crippen molar-refractivity contribution in [1.29, 1.82) is 0 Å². The SMILES string of the molecule is CN(C)c1nnc(SC[C@@](O)(C(N)=O)c2ccccc2)s1. The van der Waals surface area contributed by atoms with E-state index in [4.69, 9.17) is 5.73 Å². The van der Waals surface area contributed by atoms with Crippen LogP contribution in [0.1, 0.15) is 5.56 Å². The number of hydrogen-bond acceptors (Lipinski definition) is 7. The van der Waals surface area contributed by atoms with Gasteiger partial charge >= 0.3 is 0 Å². The second-order valence-corrected chi connectivity index (χ2v) is 6.80. The monoisotopic (exact) mass is 324 g/mol. The van der Waals surface area contributed by atoms with Crippen LogP contribution in [0.3, 0.4) is 0 Å². The quantitative estimate of drug-likeness (QED) is 0.772. The number of carbonyl (C=O) groups is 1. The molecule has 112 valence electrons. The average molecular weight is 324 g/mol. The first-order chi connectivity index (χ1) is 9.93. The molecule has 0 aliphatic heterocycles. The number of hydrogen-bond donors (Lipinski definition) is 2. The van der Waals surface area contributed by atoms with Gasteiger partial charge in [0, 0.05) is 19.8 Å². The Kier molecular flexibility index (Phi) is 4.81. The van der Waals surface area contributed by atoms with Crippen LogP contribution in [0.25, 0.3) is 0 Å². The second kappa shape index (κ2) is 6.42. The molecule has 0 radical (unpaired) electrons. The molecule has 0 unspecified atom stereocenters. The molecule has 0 fully saturated rings. The summed E-state index contributed by atoms with van der Waals surface area (Å²) in [5.74, 6) is -0.687. The molecule has 0 bridgehead atoms. The van der Waals surface area contributed by atoms with Gasteiger partial charge in [0.2, 0.25) is 5.13 Å². The molecule has 3 N–H and O–H groups in total. The Labute approximate surface area is 131 Å². The number of benzene rings is 1. The van der Waals surface area contributed by atoms with Gasteiger partial charge in [-0.25, -0.2) is 0 Å². The van der Waals surface area contributed by atoms with Crippen molar-refractivity contribution in [2.45, 2.75) is 9.94 Å². The molecule has 2 rings (SSSR count). The van der Waals surface area contributed by atoms with Crippen molar-refractivity contribution >= 4 is 34.1 Å². The van der Waals surface area contributed by atoms with Gasteiger partial charge in [-0.3, -0.25) is 4.79 Å². The maximum absolute atomic E-state index is 11.7. The normalized spacial score (nSPS) is 13.7. The van der Waals surface area contributed by atoms with Gasteiger partial charge in [0.25, 0.3) is 5.91 Å². The predicted octanol–water partition coefficient (Wildman–Crippen LogP) is 1.07. The summed E-state index contributed by atoms with van der Waals surface area (Å²) in [5, 5.41) is 19.4. The molecular formula is C13H16N4O2S2. The van der Waals surface area contributed by atoms with Gasteiger partial charge in [-0.15, -0.1) is 10.2 Å². The lowest BCUT2D eigenvalue weighted by molar-refractivity contribution is -0.134. The van der Waals surface area contributed by atoms with Crippen LogP contribution < -0.4 is 10.6 Å². The highest BCUT2D eigenvalue weighted by atomic mass is 32.2. The highest BCUT2D eigenvalue weighted by Gasteiger charge is 2.36. The van der Waals surface area contributed by atoms with E-state index in [9.17, 15) is 9.90 Å². The largest absolute Gasteiger partial charge is 0.375 e. The molecule has 1 amide bonds. The van der Waals surface area contributed by atoms with Gasteiger partial charge in [-0.05, 0) is 5.56 Å². The lowest BCUT2D eigenvalue weighted by Crippen LogP contribution is -2.43. The summed E-state index contributed by atoms with van der Waals surface area (Å²) in [5.41, 5.74) is 4.13. The third-order valence-electron chi connectivity index (χ3n) is 2.84. The Morgan fingerprint density at radius 1 is 1.38 bits per heavy atom. The summed E-state index contributed by atoms with van der Waals surface area (Å²) < 4.78 is 0.675. The standard InChI is InChI=1S/C13H16N4O2S2/c1-17(2)11-15-16-12(21-11)20-8-13(19,10(14)18)9-6-4-3-5-7-9/h3-7,19H,8H2,1-2H3,(H2,14,18)/t13-/m0/s1. The van der Waals surface area contributed by atoms with E-state index in [0.717, 1.165) is 5.13 Å². The minimum Gasteiger partial charge on any atom is -0.375 e. The molecule has 0 spiro atoms. The number of aliphatic hydroxyl groups is 1. The van der Waals surface area contributed by atoms with Crippen LogP contribution in [0.4, 0.5) is 5.13 Å². The van der Waals surface area contributed by atoms with Gasteiger partial charge in [0.15, 0.2) is 9.94 Å². The summed E-state index contributed by atoms with van der Waals surface area (Å²) in [4.78, 5) is 13.5. The average Bonchev–Trinajstić information content (AvgIpc) is 2.94. The van der Waals surface area contributed by atoms with Crippen LogP contribution in [-0.2, 0) is 10.4 Å². The van der Waals surface area contributed by atoms with E-state index in [0.29, 0.717) is 9.90 Å². The second-order valence-electron chi connectivity index (χ2n) is 4.62. The van der Waals surface area contributed by atoms with E-state index < -0.39 is 11.5 Å². The number of nitrogens with two attached hydrogens (primary N) is 1. The summed E-state index contributed by atoms with van der Waals surface area (Å²) in [7, 11) is 3.75. The molecule has 0 saturated carbocycles. The van der Waals surface area contributed by atoms with Gasteiger partial charge in [0.1, 0.15) is 0 Å². The highest BCUT2D eigenvalue weighted by Crippen LogP contribution is 2.32. The van der Waals surface area contributed by atoms with Gasteiger partial charge < -0.3 is 15.7 Å². The van der Waals surface area contributed by atoms with Crippen molar-refractivity contribution in [2.75, 3.05) is 24.7 Å².